The summed E-state index contributed by atoms with van der Waals surface area (Å²) in [7, 11) is 0. The van der Waals surface area contributed by atoms with Crippen molar-refractivity contribution in [1.29, 1.82) is 0 Å². The zero-order valence-electron chi connectivity index (χ0n) is 14.1. The largest absolute Gasteiger partial charge is 0.465 e. The SMILES string of the molecule is CCOC(=O)C(CCOC1CC(C)OC(C)C1)NC(C)C. The molecule has 1 saturated heterocycles. The minimum atomic E-state index is -0.292. The molecule has 0 spiro atoms. The number of hydrogen-bond acceptors (Lipinski definition) is 5. The van der Waals surface area contributed by atoms with Gasteiger partial charge in [-0.2, -0.15) is 0 Å². The Bertz CT molecular complexity index is 299. The van der Waals surface area contributed by atoms with Gasteiger partial charge in [0.25, 0.3) is 0 Å². The Labute approximate surface area is 128 Å². The highest BCUT2D eigenvalue weighted by atomic mass is 16.5. The van der Waals surface area contributed by atoms with Crippen LogP contribution in [0.5, 0.6) is 0 Å². The quantitative estimate of drug-likeness (QED) is 0.697. The Morgan fingerprint density at radius 1 is 1.29 bits per heavy atom. The molecule has 5 heteroatoms. The number of carbonyl (C=O) groups excluding carboxylic acids is 1. The lowest BCUT2D eigenvalue weighted by atomic mass is 10.0. The monoisotopic (exact) mass is 301 g/mol. The van der Waals surface area contributed by atoms with E-state index in [2.05, 4.69) is 19.2 Å². The summed E-state index contributed by atoms with van der Waals surface area (Å²) < 4.78 is 16.7. The highest BCUT2D eigenvalue weighted by Crippen LogP contribution is 2.21. The van der Waals surface area contributed by atoms with Crippen LogP contribution in [0.25, 0.3) is 0 Å². The molecular weight excluding hydrogens is 270 g/mol. The van der Waals surface area contributed by atoms with E-state index in [1.165, 1.54) is 0 Å². The average molecular weight is 301 g/mol. The molecule has 3 atom stereocenters. The summed E-state index contributed by atoms with van der Waals surface area (Å²) in [5, 5.41) is 3.24. The van der Waals surface area contributed by atoms with Crippen molar-refractivity contribution in [2.75, 3.05) is 13.2 Å². The second-order valence-corrected chi connectivity index (χ2v) is 6.14. The summed E-state index contributed by atoms with van der Waals surface area (Å²) in [5.41, 5.74) is 0. The number of nitrogens with one attached hydrogen (secondary N) is 1. The van der Waals surface area contributed by atoms with Crippen LogP contribution in [0, 0.1) is 0 Å². The molecular formula is C16H31NO4. The van der Waals surface area contributed by atoms with Crippen molar-refractivity contribution in [2.24, 2.45) is 0 Å². The van der Waals surface area contributed by atoms with Gasteiger partial charge in [0.15, 0.2) is 0 Å². The highest BCUT2D eigenvalue weighted by molar-refractivity contribution is 5.75. The fraction of sp³-hybridized carbons (Fsp3) is 0.938. The minimum Gasteiger partial charge on any atom is -0.465 e. The van der Waals surface area contributed by atoms with Gasteiger partial charge >= 0.3 is 5.97 Å². The summed E-state index contributed by atoms with van der Waals surface area (Å²) in [4.78, 5) is 11.9. The minimum absolute atomic E-state index is 0.191. The molecule has 0 saturated carbocycles. The average Bonchev–Trinajstić information content (AvgIpc) is 2.36. The van der Waals surface area contributed by atoms with E-state index in [1.54, 1.807) is 0 Å². The number of ether oxygens (including phenoxy) is 3. The van der Waals surface area contributed by atoms with Crippen molar-refractivity contribution in [1.82, 2.24) is 5.32 Å². The van der Waals surface area contributed by atoms with Crippen molar-refractivity contribution in [3.05, 3.63) is 0 Å². The van der Waals surface area contributed by atoms with Gasteiger partial charge in [0.05, 0.1) is 24.9 Å². The smallest absolute Gasteiger partial charge is 0.323 e. The van der Waals surface area contributed by atoms with Gasteiger partial charge in [-0.3, -0.25) is 4.79 Å². The zero-order valence-corrected chi connectivity index (χ0v) is 14.1. The molecule has 124 valence electrons. The number of rotatable bonds is 8. The lowest BCUT2D eigenvalue weighted by Gasteiger charge is -2.32. The van der Waals surface area contributed by atoms with Crippen molar-refractivity contribution >= 4 is 5.97 Å². The third-order valence-electron chi connectivity index (χ3n) is 3.52. The number of esters is 1. The lowest BCUT2D eigenvalue weighted by Crippen LogP contribution is -2.43. The van der Waals surface area contributed by atoms with Crippen LogP contribution in [0.1, 0.15) is 53.9 Å². The molecule has 21 heavy (non-hydrogen) atoms. The van der Waals surface area contributed by atoms with E-state index in [9.17, 15) is 4.79 Å². The molecule has 0 aromatic carbocycles. The van der Waals surface area contributed by atoms with E-state index < -0.39 is 0 Å². The van der Waals surface area contributed by atoms with Gasteiger partial charge in [-0.15, -0.1) is 0 Å². The molecule has 0 aliphatic carbocycles. The second-order valence-electron chi connectivity index (χ2n) is 6.14. The predicted octanol–water partition coefficient (Wildman–Crippen LogP) is 2.28. The van der Waals surface area contributed by atoms with E-state index in [0.29, 0.717) is 19.6 Å². The molecule has 0 radical (unpaired) electrons. The molecule has 1 aliphatic rings. The Morgan fingerprint density at radius 3 is 2.43 bits per heavy atom. The van der Waals surface area contributed by atoms with Crippen LogP contribution in [0.4, 0.5) is 0 Å². The van der Waals surface area contributed by atoms with Crippen LogP contribution in [0.15, 0.2) is 0 Å². The highest BCUT2D eigenvalue weighted by Gasteiger charge is 2.26. The maximum atomic E-state index is 11.9. The van der Waals surface area contributed by atoms with Gasteiger partial charge in [-0.25, -0.2) is 0 Å². The number of hydrogen-bond donors (Lipinski definition) is 1. The molecule has 5 nitrogen and oxygen atoms in total. The first-order chi connectivity index (χ1) is 9.92. The van der Waals surface area contributed by atoms with Gasteiger partial charge < -0.3 is 19.5 Å². The van der Waals surface area contributed by atoms with Crippen LogP contribution in [-0.2, 0) is 19.0 Å². The fourth-order valence-corrected chi connectivity index (χ4v) is 2.75. The fourth-order valence-electron chi connectivity index (χ4n) is 2.75. The predicted molar refractivity (Wildman–Crippen MR) is 82.3 cm³/mol. The molecule has 0 aromatic heterocycles. The Hall–Kier alpha value is -0.650. The van der Waals surface area contributed by atoms with Gasteiger partial charge in [0.2, 0.25) is 0 Å². The molecule has 0 amide bonds. The lowest BCUT2D eigenvalue weighted by molar-refractivity contribution is -0.147. The van der Waals surface area contributed by atoms with Gasteiger partial charge in [0.1, 0.15) is 6.04 Å². The molecule has 1 fully saturated rings. The van der Waals surface area contributed by atoms with Gasteiger partial charge in [0, 0.05) is 12.6 Å². The van der Waals surface area contributed by atoms with Crippen molar-refractivity contribution < 1.29 is 19.0 Å². The second kappa shape index (κ2) is 9.38. The van der Waals surface area contributed by atoms with E-state index in [0.717, 1.165) is 12.8 Å². The summed E-state index contributed by atoms with van der Waals surface area (Å²) in [6.07, 6.45) is 3.20. The molecule has 0 bridgehead atoms. The van der Waals surface area contributed by atoms with E-state index >= 15 is 0 Å². The number of carbonyl (C=O) groups is 1. The molecule has 1 rings (SSSR count). The van der Waals surface area contributed by atoms with Crippen LogP contribution >= 0.6 is 0 Å². The molecule has 1 N–H and O–H groups in total. The maximum absolute atomic E-state index is 11.9. The van der Waals surface area contributed by atoms with Crippen molar-refractivity contribution in [3.8, 4) is 0 Å². The van der Waals surface area contributed by atoms with Crippen LogP contribution in [0.3, 0.4) is 0 Å². The zero-order chi connectivity index (χ0) is 15.8. The van der Waals surface area contributed by atoms with Crippen molar-refractivity contribution in [3.63, 3.8) is 0 Å². The first kappa shape index (κ1) is 18.4. The third-order valence-corrected chi connectivity index (χ3v) is 3.52. The van der Waals surface area contributed by atoms with E-state index in [1.807, 2.05) is 20.8 Å². The summed E-state index contributed by atoms with van der Waals surface area (Å²) >= 11 is 0. The Balaban J connectivity index is 2.36. The summed E-state index contributed by atoms with van der Waals surface area (Å²) in [5.74, 6) is -0.191. The van der Waals surface area contributed by atoms with E-state index in [-0.39, 0.29) is 36.4 Å². The third kappa shape index (κ3) is 7.25. The van der Waals surface area contributed by atoms with Gasteiger partial charge in [-0.1, -0.05) is 13.8 Å². The van der Waals surface area contributed by atoms with Crippen molar-refractivity contribution in [2.45, 2.75) is 84.3 Å². The molecule has 3 unspecified atom stereocenters. The van der Waals surface area contributed by atoms with Crippen LogP contribution < -0.4 is 5.32 Å². The maximum Gasteiger partial charge on any atom is 0.323 e. The van der Waals surface area contributed by atoms with E-state index in [4.69, 9.17) is 14.2 Å². The Kier molecular flexibility index (Phi) is 8.22. The standard InChI is InChI=1S/C16H31NO4/c1-6-19-16(18)15(17-11(2)3)7-8-20-14-9-12(4)21-13(5)10-14/h11-15,17H,6-10H2,1-5H3. The first-order valence-electron chi connectivity index (χ1n) is 8.12. The first-order valence-corrected chi connectivity index (χ1v) is 8.12. The Morgan fingerprint density at radius 2 is 1.90 bits per heavy atom. The van der Waals surface area contributed by atoms with Crippen LogP contribution in [-0.4, -0.2) is 49.6 Å². The summed E-state index contributed by atoms with van der Waals surface area (Å²) in [6.45, 7) is 11.0. The van der Waals surface area contributed by atoms with Crippen LogP contribution in [0.2, 0.25) is 0 Å². The molecule has 0 aromatic rings. The topological polar surface area (TPSA) is 56.8 Å². The molecule has 1 aliphatic heterocycles. The normalized spacial score (nSPS) is 27.6. The molecule has 1 heterocycles. The van der Waals surface area contributed by atoms with Gasteiger partial charge in [-0.05, 0) is 40.0 Å². The summed E-state index contributed by atoms with van der Waals surface area (Å²) in [6, 6.07) is -0.0535.